The van der Waals surface area contributed by atoms with Crippen molar-refractivity contribution in [1.29, 1.82) is 0 Å². The highest BCUT2D eigenvalue weighted by molar-refractivity contribution is 5.70. The van der Waals surface area contributed by atoms with Gasteiger partial charge in [-0.15, -0.1) is 0 Å². The van der Waals surface area contributed by atoms with Crippen molar-refractivity contribution >= 4 is 5.97 Å². The van der Waals surface area contributed by atoms with Crippen molar-refractivity contribution in [3.8, 4) is 11.5 Å². The van der Waals surface area contributed by atoms with Crippen LogP contribution >= 0.6 is 0 Å². The third-order valence-electron chi connectivity index (χ3n) is 5.97. The summed E-state index contributed by atoms with van der Waals surface area (Å²) in [5, 5.41) is 9.02. The lowest BCUT2D eigenvalue weighted by Gasteiger charge is -2.21. The Bertz CT molecular complexity index is 984. The van der Waals surface area contributed by atoms with E-state index in [1.54, 1.807) is 14.2 Å². The zero-order valence-corrected chi connectivity index (χ0v) is 19.1. The highest BCUT2D eigenvalue weighted by Gasteiger charge is 2.17. The van der Waals surface area contributed by atoms with E-state index >= 15 is 0 Å². The van der Waals surface area contributed by atoms with Crippen LogP contribution < -0.4 is 9.47 Å². The third kappa shape index (κ3) is 6.36. The molecule has 0 aromatic heterocycles. The van der Waals surface area contributed by atoms with Crippen LogP contribution in [0.2, 0.25) is 0 Å². The van der Waals surface area contributed by atoms with E-state index in [1.807, 2.05) is 37.3 Å². The topological polar surface area (TPSA) is 55.8 Å². The molecule has 0 aliphatic rings. The number of carbonyl (C=O) groups is 1. The van der Waals surface area contributed by atoms with E-state index < -0.39 is 5.97 Å². The average Bonchev–Trinajstić information content (AvgIpc) is 2.80. The maximum absolute atomic E-state index is 11.0. The van der Waals surface area contributed by atoms with Gasteiger partial charge in [-0.2, -0.15) is 0 Å². The standard InChI is InChI=1S/C28H32O4/c1-20-26(31-2)18-25(19-27(20)32-3)24(11-7-10-21-8-5-4-6-9-21)16-22-12-14-23(15-13-22)17-28(29)30/h4-6,8-9,12-15,18-19,24H,7,10-11,16-17H2,1-3H3,(H,29,30). The van der Waals surface area contributed by atoms with Gasteiger partial charge in [-0.3, -0.25) is 4.79 Å². The lowest BCUT2D eigenvalue weighted by molar-refractivity contribution is -0.136. The number of hydrogen-bond donors (Lipinski definition) is 1. The third-order valence-corrected chi connectivity index (χ3v) is 5.97. The summed E-state index contributed by atoms with van der Waals surface area (Å²) in [6.07, 6.45) is 4.06. The maximum Gasteiger partial charge on any atom is 0.307 e. The lowest BCUT2D eigenvalue weighted by atomic mass is 9.86. The molecule has 0 fully saturated rings. The molecule has 0 saturated heterocycles. The summed E-state index contributed by atoms with van der Waals surface area (Å²) in [5.74, 6) is 1.16. The molecule has 1 N–H and O–H groups in total. The molecule has 0 aliphatic carbocycles. The molecule has 0 aliphatic heterocycles. The molecule has 3 aromatic carbocycles. The van der Waals surface area contributed by atoms with E-state index in [9.17, 15) is 4.79 Å². The second-order valence-corrected chi connectivity index (χ2v) is 8.22. The van der Waals surface area contributed by atoms with Gasteiger partial charge in [-0.25, -0.2) is 0 Å². The molecule has 0 saturated carbocycles. The van der Waals surface area contributed by atoms with Crippen LogP contribution in [-0.2, 0) is 24.1 Å². The minimum Gasteiger partial charge on any atom is -0.496 e. The van der Waals surface area contributed by atoms with Crippen LogP contribution in [0.15, 0.2) is 66.7 Å². The molecule has 0 bridgehead atoms. The van der Waals surface area contributed by atoms with Crippen LogP contribution in [0.5, 0.6) is 11.5 Å². The Morgan fingerprint density at radius 1 is 0.875 bits per heavy atom. The molecule has 4 heteroatoms. The largest absolute Gasteiger partial charge is 0.496 e. The van der Waals surface area contributed by atoms with Gasteiger partial charge >= 0.3 is 5.97 Å². The van der Waals surface area contributed by atoms with Crippen molar-refractivity contribution in [3.05, 3.63) is 94.5 Å². The van der Waals surface area contributed by atoms with Gasteiger partial charge in [0, 0.05) is 5.56 Å². The van der Waals surface area contributed by atoms with Gasteiger partial charge in [0.2, 0.25) is 0 Å². The van der Waals surface area contributed by atoms with Crippen LogP contribution in [0.25, 0.3) is 0 Å². The number of aryl methyl sites for hydroxylation is 1. The monoisotopic (exact) mass is 432 g/mol. The second-order valence-electron chi connectivity index (χ2n) is 8.22. The van der Waals surface area contributed by atoms with Crippen molar-refractivity contribution in [2.45, 2.75) is 44.9 Å². The first-order chi connectivity index (χ1) is 15.5. The van der Waals surface area contributed by atoms with Crippen molar-refractivity contribution in [2.24, 2.45) is 0 Å². The quantitative estimate of drug-likeness (QED) is 0.404. The normalized spacial score (nSPS) is 11.7. The summed E-state index contributed by atoms with van der Waals surface area (Å²) in [4.78, 5) is 11.0. The molecule has 0 heterocycles. The Kier molecular flexibility index (Phi) is 8.32. The van der Waals surface area contributed by atoms with Crippen LogP contribution in [0.4, 0.5) is 0 Å². The van der Waals surface area contributed by atoms with Crippen molar-refractivity contribution in [1.82, 2.24) is 0 Å². The minimum atomic E-state index is -0.810. The summed E-state index contributed by atoms with van der Waals surface area (Å²) in [7, 11) is 3.38. The van der Waals surface area contributed by atoms with Crippen molar-refractivity contribution in [3.63, 3.8) is 0 Å². The zero-order valence-electron chi connectivity index (χ0n) is 19.1. The summed E-state index contributed by atoms with van der Waals surface area (Å²) in [6, 6.07) is 22.8. The first kappa shape index (κ1) is 23.4. The second kappa shape index (κ2) is 11.4. The van der Waals surface area contributed by atoms with E-state index in [1.165, 1.54) is 16.7 Å². The number of methoxy groups -OCH3 is 2. The number of aliphatic carboxylic acids is 1. The molecule has 1 unspecified atom stereocenters. The first-order valence-electron chi connectivity index (χ1n) is 11.1. The molecule has 0 radical (unpaired) electrons. The number of rotatable bonds is 11. The predicted molar refractivity (Wildman–Crippen MR) is 128 cm³/mol. The Morgan fingerprint density at radius 2 is 1.47 bits per heavy atom. The molecular weight excluding hydrogens is 400 g/mol. The Morgan fingerprint density at radius 3 is 2.03 bits per heavy atom. The SMILES string of the molecule is COc1cc(C(CCCc2ccccc2)Cc2ccc(CC(=O)O)cc2)cc(OC)c1C. The van der Waals surface area contributed by atoms with Gasteiger partial charge in [0.1, 0.15) is 11.5 Å². The Labute approximate surface area is 190 Å². The van der Waals surface area contributed by atoms with E-state index in [4.69, 9.17) is 14.6 Å². The van der Waals surface area contributed by atoms with E-state index in [0.29, 0.717) is 5.92 Å². The number of carboxylic acids is 1. The van der Waals surface area contributed by atoms with E-state index in [0.717, 1.165) is 48.3 Å². The summed E-state index contributed by atoms with van der Waals surface area (Å²) in [5.41, 5.74) is 5.57. The average molecular weight is 433 g/mol. The number of carboxylic acid groups (broad SMARTS) is 1. The molecule has 1 atom stereocenters. The molecule has 32 heavy (non-hydrogen) atoms. The van der Waals surface area contributed by atoms with E-state index in [2.05, 4.69) is 36.4 Å². The maximum atomic E-state index is 11.0. The van der Waals surface area contributed by atoms with Gasteiger partial charge < -0.3 is 14.6 Å². The predicted octanol–water partition coefficient (Wildman–Crippen LogP) is 5.99. The number of benzene rings is 3. The molecule has 4 nitrogen and oxygen atoms in total. The number of hydrogen-bond acceptors (Lipinski definition) is 3. The highest BCUT2D eigenvalue weighted by Crippen LogP contribution is 2.36. The molecule has 0 spiro atoms. The Hall–Kier alpha value is -3.27. The minimum absolute atomic E-state index is 0.0488. The molecule has 0 amide bonds. The van der Waals surface area contributed by atoms with Crippen molar-refractivity contribution in [2.75, 3.05) is 14.2 Å². The van der Waals surface area contributed by atoms with Crippen LogP contribution in [0.1, 0.15) is 46.6 Å². The van der Waals surface area contributed by atoms with Crippen LogP contribution in [0, 0.1) is 6.92 Å². The smallest absolute Gasteiger partial charge is 0.307 e. The highest BCUT2D eigenvalue weighted by atomic mass is 16.5. The molecule has 3 aromatic rings. The van der Waals surface area contributed by atoms with Crippen LogP contribution in [-0.4, -0.2) is 25.3 Å². The van der Waals surface area contributed by atoms with Gasteiger partial charge in [-0.05, 0) is 72.9 Å². The van der Waals surface area contributed by atoms with Crippen LogP contribution in [0.3, 0.4) is 0 Å². The molecule has 3 rings (SSSR count). The fourth-order valence-electron chi connectivity index (χ4n) is 4.18. The zero-order chi connectivity index (χ0) is 22.9. The first-order valence-corrected chi connectivity index (χ1v) is 11.1. The molecule has 168 valence electrons. The van der Waals surface area contributed by atoms with Gasteiger partial charge in [0.15, 0.2) is 0 Å². The van der Waals surface area contributed by atoms with Gasteiger partial charge in [-0.1, -0.05) is 54.6 Å². The number of ether oxygens (including phenoxy) is 2. The lowest BCUT2D eigenvalue weighted by Crippen LogP contribution is -2.07. The Balaban J connectivity index is 1.83. The van der Waals surface area contributed by atoms with Gasteiger partial charge in [0.05, 0.1) is 20.6 Å². The fraction of sp³-hybridized carbons (Fsp3) is 0.321. The van der Waals surface area contributed by atoms with Gasteiger partial charge in [0.25, 0.3) is 0 Å². The summed E-state index contributed by atoms with van der Waals surface area (Å²) < 4.78 is 11.2. The van der Waals surface area contributed by atoms with Crippen molar-refractivity contribution < 1.29 is 19.4 Å². The molecular formula is C28H32O4. The summed E-state index contributed by atoms with van der Waals surface area (Å²) >= 11 is 0. The summed E-state index contributed by atoms with van der Waals surface area (Å²) in [6.45, 7) is 2.01. The van der Waals surface area contributed by atoms with E-state index in [-0.39, 0.29) is 6.42 Å². The fourth-order valence-corrected chi connectivity index (χ4v) is 4.18.